The average Bonchev–Trinajstić information content (AvgIpc) is 2.69. The molecule has 9 nitrogen and oxygen atoms in total. The second kappa shape index (κ2) is 8.39. The SMILES string of the molecule is COc1cc(/C=N/Nc2nncc(=O)[nH]2)ccc1OC(=O)c1ccccc1. The molecule has 0 saturated heterocycles. The summed E-state index contributed by atoms with van der Waals surface area (Å²) in [6.07, 6.45) is 2.54. The number of rotatable bonds is 6. The van der Waals surface area contributed by atoms with Gasteiger partial charge in [-0.15, -0.1) is 10.2 Å². The molecule has 2 aromatic carbocycles. The van der Waals surface area contributed by atoms with E-state index < -0.39 is 11.5 Å². The van der Waals surface area contributed by atoms with Gasteiger partial charge in [-0.1, -0.05) is 18.2 Å². The van der Waals surface area contributed by atoms with E-state index in [9.17, 15) is 9.59 Å². The molecule has 9 heteroatoms. The summed E-state index contributed by atoms with van der Waals surface area (Å²) >= 11 is 0. The summed E-state index contributed by atoms with van der Waals surface area (Å²) in [5.41, 5.74) is 3.27. The van der Waals surface area contributed by atoms with Crippen LogP contribution in [-0.2, 0) is 0 Å². The van der Waals surface area contributed by atoms with Crippen LogP contribution in [0.5, 0.6) is 11.5 Å². The van der Waals surface area contributed by atoms with Gasteiger partial charge in [0.2, 0.25) is 5.95 Å². The van der Waals surface area contributed by atoms with Crippen molar-refractivity contribution in [3.63, 3.8) is 0 Å². The third-order valence-corrected chi connectivity index (χ3v) is 3.36. The van der Waals surface area contributed by atoms with Gasteiger partial charge in [-0.2, -0.15) is 5.10 Å². The van der Waals surface area contributed by atoms with Crippen LogP contribution in [0.25, 0.3) is 0 Å². The van der Waals surface area contributed by atoms with Crippen LogP contribution in [0.4, 0.5) is 5.95 Å². The number of esters is 1. The molecule has 3 rings (SSSR count). The lowest BCUT2D eigenvalue weighted by atomic mass is 10.2. The van der Waals surface area contributed by atoms with Gasteiger partial charge in [0.1, 0.15) is 6.20 Å². The zero-order chi connectivity index (χ0) is 19.1. The number of hydrogen-bond donors (Lipinski definition) is 2. The number of nitrogens with one attached hydrogen (secondary N) is 2. The Labute approximate surface area is 153 Å². The van der Waals surface area contributed by atoms with Gasteiger partial charge in [0.15, 0.2) is 11.5 Å². The Morgan fingerprint density at radius 1 is 1.19 bits per heavy atom. The number of aromatic amines is 1. The van der Waals surface area contributed by atoms with Crippen molar-refractivity contribution < 1.29 is 14.3 Å². The highest BCUT2D eigenvalue weighted by Crippen LogP contribution is 2.28. The average molecular weight is 365 g/mol. The second-order valence-electron chi connectivity index (χ2n) is 5.22. The largest absolute Gasteiger partial charge is 0.493 e. The van der Waals surface area contributed by atoms with Gasteiger partial charge in [-0.05, 0) is 35.9 Å². The lowest BCUT2D eigenvalue weighted by Gasteiger charge is -2.10. The van der Waals surface area contributed by atoms with Gasteiger partial charge < -0.3 is 9.47 Å². The number of H-pyrrole nitrogens is 1. The molecule has 3 aromatic rings. The Kier molecular flexibility index (Phi) is 5.53. The maximum atomic E-state index is 12.2. The Hall–Kier alpha value is -4.01. The van der Waals surface area contributed by atoms with Gasteiger partial charge in [-0.3, -0.25) is 9.78 Å². The van der Waals surface area contributed by atoms with E-state index in [4.69, 9.17) is 9.47 Å². The first kappa shape index (κ1) is 17.8. The summed E-state index contributed by atoms with van der Waals surface area (Å²) in [7, 11) is 1.47. The van der Waals surface area contributed by atoms with Gasteiger partial charge in [-0.25, -0.2) is 10.2 Å². The topological polar surface area (TPSA) is 119 Å². The predicted octanol–water partition coefficient (Wildman–Crippen LogP) is 1.84. The highest BCUT2D eigenvalue weighted by atomic mass is 16.6. The van der Waals surface area contributed by atoms with Gasteiger partial charge in [0.05, 0.1) is 18.9 Å². The number of hydrogen-bond acceptors (Lipinski definition) is 8. The van der Waals surface area contributed by atoms with E-state index in [1.807, 2.05) is 6.07 Å². The first-order valence-corrected chi connectivity index (χ1v) is 7.82. The summed E-state index contributed by atoms with van der Waals surface area (Å²) in [4.78, 5) is 25.7. The summed E-state index contributed by atoms with van der Waals surface area (Å²) in [5, 5.41) is 11.1. The number of ether oxygens (including phenoxy) is 2. The molecule has 0 aliphatic heterocycles. The van der Waals surface area contributed by atoms with Crippen LogP contribution in [0, 0.1) is 0 Å². The van der Waals surface area contributed by atoms with Crippen LogP contribution in [0.1, 0.15) is 15.9 Å². The second-order valence-corrected chi connectivity index (χ2v) is 5.22. The Morgan fingerprint density at radius 3 is 2.74 bits per heavy atom. The Bertz CT molecular complexity index is 1020. The van der Waals surface area contributed by atoms with Crippen molar-refractivity contribution in [2.75, 3.05) is 12.5 Å². The standard InChI is InChI=1S/C18H15N5O4/c1-26-15-9-12(10-19-22-18-21-16(24)11-20-23-18)7-8-14(15)27-17(25)13-5-3-2-4-6-13/h2-11H,1H3,(H2,21,22,23,24)/b19-10+. The Balaban J connectivity index is 1.71. The molecule has 1 aromatic heterocycles. The number of anilines is 1. The smallest absolute Gasteiger partial charge is 0.343 e. The molecule has 0 spiro atoms. The van der Waals surface area contributed by atoms with Gasteiger partial charge >= 0.3 is 5.97 Å². The lowest BCUT2D eigenvalue weighted by molar-refractivity contribution is 0.0729. The molecule has 0 unspecified atom stereocenters. The fourth-order valence-electron chi connectivity index (χ4n) is 2.11. The molecule has 0 bridgehead atoms. The first-order chi connectivity index (χ1) is 13.2. The van der Waals surface area contributed by atoms with E-state index in [0.29, 0.717) is 16.9 Å². The molecular weight excluding hydrogens is 350 g/mol. The van der Waals surface area contributed by atoms with Crippen molar-refractivity contribution >= 4 is 18.1 Å². The number of benzene rings is 2. The van der Waals surface area contributed by atoms with Crippen LogP contribution >= 0.6 is 0 Å². The summed E-state index contributed by atoms with van der Waals surface area (Å²) in [6.45, 7) is 0. The summed E-state index contributed by atoms with van der Waals surface area (Å²) in [6, 6.07) is 13.6. The molecule has 27 heavy (non-hydrogen) atoms. The van der Waals surface area contributed by atoms with E-state index in [1.54, 1.807) is 42.5 Å². The minimum Gasteiger partial charge on any atom is -0.493 e. The highest BCUT2D eigenvalue weighted by molar-refractivity contribution is 5.91. The number of carbonyl (C=O) groups is 1. The molecule has 0 atom stereocenters. The quantitative estimate of drug-likeness (QED) is 0.296. The monoisotopic (exact) mass is 365 g/mol. The molecule has 1 heterocycles. The molecule has 136 valence electrons. The van der Waals surface area contributed by atoms with Gasteiger partial charge in [0, 0.05) is 0 Å². The zero-order valence-corrected chi connectivity index (χ0v) is 14.2. The number of aromatic nitrogens is 3. The highest BCUT2D eigenvalue weighted by Gasteiger charge is 2.12. The molecule has 0 saturated carbocycles. The fourth-order valence-corrected chi connectivity index (χ4v) is 2.11. The van der Waals surface area contributed by atoms with E-state index >= 15 is 0 Å². The first-order valence-electron chi connectivity index (χ1n) is 7.82. The lowest BCUT2D eigenvalue weighted by Crippen LogP contribution is -2.10. The van der Waals surface area contributed by atoms with Crippen molar-refractivity contribution in [3.8, 4) is 11.5 Å². The van der Waals surface area contributed by atoms with E-state index in [-0.39, 0.29) is 11.7 Å². The predicted molar refractivity (Wildman–Crippen MR) is 98.3 cm³/mol. The van der Waals surface area contributed by atoms with Crippen molar-refractivity contribution in [3.05, 3.63) is 76.2 Å². The number of carbonyl (C=O) groups excluding carboxylic acids is 1. The molecule has 0 amide bonds. The molecular formula is C18H15N5O4. The number of nitrogens with zero attached hydrogens (tertiary/aromatic N) is 3. The molecule has 0 fully saturated rings. The van der Waals surface area contributed by atoms with Gasteiger partial charge in [0.25, 0.3) is 5.56 Å². The van der Waals surface area contributed by atoms with Crippen molar-refractivity contribution in [2.45, 2.75) is 0 Å². The summed E-state index contributed by atoms with van der Waals surface area (Å²) in [5.74, 6) is 0.286. The van der Waals surface area contributed by atoms with Crippen LogP contribution < -0.4 is 20.5 Å². The summed E-state index contributed by atoms with van der Waals surface area (Å²) < 4.78 is 10.7. The maximum absolute atomic E-state index is 12.2. The number of hydrazone groups is 1. The minimum atomic E-state index is -0.483. The fraction of sp³-hybridized carbons (Fsp3) is 0.0556. The van der Waals surface area contributed by atoms with Crippen LogP contribution in [0.2, 0.25) is 0 Å². The van der Waals surface area contributed by atoms with E-state index in [0.717, 1.165) is 6.20 Å². The maximum Gasteiger partial charge on any atom is 0.343 e. The van der Waals surface area contributed by atoms with E-state index in [2.05, 4.69) is 25.7 Å². The molecule has 0 radical (unpaired) electrons. The van der Waals surface area contributed by atoms with Crippen LogP contribution in [0.15, 0.2) is 64.6 Å². The minimum absolute atomic E-state index is 0.110. The third kappa shape index (κ3) is 4.75. The number of methoxy groups -OCH3 is 1. The normalized spacial score (nSPS) is 10.6. The van der Waals surface area contributed by atoms with Crippen molar-refractivity contribution in [1.82, 2.24) is 15.2 Å². The molecule has 2 N–H and O–H groups in total. The zero-order valence-electron chi connectivity index (χ0n) is 14.2. The van der Waals surface area contributed by atoms with Crippen molar-refractivity contribution in [1.29, 1.82) is 0 Å². The van der Waals surface area contributed by atoms with E-state index in [1.165, 1.54) is 13.3 Å². The van der Waals surface area contributed by atoms with Crippen LogP contribution in [-0.4, -0.2) is 34.5 Å². The molecule has 0 aliphatic rings. The Morgan fingerprint density at radius 2 is 2.00 bits per heavy atom. The van der Waals surface area contributed by atoms with Crippen LogP contribution in [0.3, 0.4) is 0 Å². The third-order valence-electron chi connectivity index (χ3n) is 3.36. The van der Waals surface area contributed by atoms with Crippen molar-refractivity contribution in [2.24, 2.45) is 5.10 Å². The molecule has 0 aliphatic carbocycles.